The third-order valence-corrected chi connectivity index (χ3v) is 5.71. The van der Waals surface area contributed by atoms with Gasteiger partial charge < -0.3 is 9.64 Å². The lowest BCUT2D eigenvalue weighted by molar-refractivity contribution is -0.136. The number of fused-ring (bicyclic) bond motifs is 2. The molecule has 1 saturated heterocycles. The van der Waals surface area contributed by atoms with Crippen molar-refractivity contribution >= 4 is 22.8 Å². The van der Waals surface area contributed by atoms with Crippen LogP contribution >= 0.6 is 0 Å². The molecule has 1 aromatic heterocycles. The Morgan fingerprint density at radius 2 is 2.00 bits per heavy atom. The maximum atomic E-state index is 13.0. The number of carbonyl (C=O) groups excluding carboxylic acids is 2. The van der Waals surface area contributed by atoms with Crippen molar-refractivity contribution < 1.29 is 14.3 Å². The molecule has 27 heavy (non-hydrogen) atoms. The van der Waals surface area contributed by atoms with E-state index in [0.29, 0.717) is 11.5 Å². The van der Waals surface area contributed by atoms with Gasteiger partial charge in [-0.3, -0.25) is 9.78 Å². The largest absolute Gasteiger partial charge is 0.452 e. The minimum absolute atomic E-state index is 0.0953. The summed E-state index contributed by atoms with van der Waals surface area (Å²) >= 11 is 0. The van der Waals surface area contributed by atoms with E-state index in [2.05, 4.69) is 6.92 Å². The van der Waals surface area contributed by atoms with Crippen LogP contribution in [-0.4, -0.2) is 41.5 Å². The number of esters is 1. The molecule has 1 aliphatic heterocycles. The summed E-state index contributed by atoms with van der Waals surface area (Å²) < 4.78 is 5.49. The van der Waals surface area contributed by atoms with Crippen molar-refractivity contribution in [2.24, 2.45) is 5.92 Å². The van der Waals surface area contributed by atoms with Crippen LogP contribution < -0.4 is 0 Å². The predicted molar refractivity (Wildman–Crippen MR) is 104 cm³/mol. The molecule has 5 heteroatoms. The van der Waals surface area contributed by atoms with Crippen LogP contribution in [0.15, 0.2) is 24.3 Å². The SMILES string of the molecule is CC1CCCN(C(=O)COC(=O)c2c3c(nc4ccccc24)CCCC3)C1. The molecule has 2 aromatic rings. The fourth-order valence-electron chi connectivity index (χ4n) is 4.31. The number of benzene rings is 1. The first-order valence-corrected chi connectivity index (χ1v) is 9.99. The molecule has 1 amide bonds. The van der Waals surface area contributed by atoms with Crippen LogP contribution in [0.2, 0.25) is 0 Å². The number of carbonyl (C=O) groups is 2. The van der Waals surface area contributed by atoms with Crippen molar-refractivity contribution in [2.75, 3.05) is 19.7 Å². The van der Waals surface area contributed by atoms with Gasteiger partial charge in [0.1, 0.15) is 0 Å². The van der Waals surface area contributed by atoms with E-state index in [1.807, 2.05) is 29.2 Å². The van der Waals surface area contributed by atoms with E-state index in [4.69, 9.17) is 9.72 Å². The Labute approximate surface area is 159 Å². The molecular formula is C22H26N2O3. The Hall–Kier alpha value is -2.43. The molecular weight excluding hydrogens is 340 g/mol. The van der Waals surface area contributed by atoms with E-state index in [9.17, 15) is 9.59 Å². The van der Waals surface area contributed by atoms with Gasteiger partial charge in [-0.25, -0.2) is 4.79 Å². The van der Waals surface area contributed by atoms with Gasteiger partial charge in [-0.1, -0.05) is 25.1 Å². The van der Waals surface area contributed by atoms with E-state index in [1.54, 1.807) is 0 Å². The van der Waals surface area contributed by atoms with Crippen molar-refractivity contribution in [2.45, 2.75) is 45.4 Å². The first kappa shape index (κ1) is 18.0. The topological polar surface area (TPSA) is 59.5 Å². The van der Waals surface area contributed by atoms with Gasteiger partial charge in [-0.2, -0.15) is 0 Å². The Morgan fingerprint density at radius 1 is 1.19 bits per heavy atom. The number of ether oxygens (including phenoxy) is 1. The Balaban J connectivity index is 1.56. The number of aromatic nitrogens is 1. The molecule has 1 aliphatic carbocycles. The monoisotopic (exact) mass is 366 g/mol. The average Bonchev–Trinajstić information content (AvgIpc) is 2.70. The number of amides is 1. The Bertz CT molecular complexity index is 877. The molecule has 2 aliphatic rings. The lowest BCUT2D eigenvalue weighted by atomic mass is 9.90. The van der Waals surface area contributed by atoms with Crippen molar-refractivity contribution in [3.05, 3.63) is 41.1 Å². The van der Waals surface area contributed by atoms with E-state index < -0.39 is 5.97 Å². The zero-order valence-corrected chi connectivity index (χ0v) is 15.9. The number of piperidine rings is 1. The van der Waals surface area contributed by atoms with Crippen molar-refractivity contribution in [1.82, 2.24) is 9.88 Å². The van der Waals surface area contributed by atoms with Crippen LogP contribution in [0.4, 0.5) is 0 Å². The van der Waals surface area contributed by atoms with E-state index in [0.717, 1.165) is 73.8 Å². The van der Waals surface area contributed by atoms with Crippen LogP contribution in [0, 0.1) is 5.92 Å². The fourth-order valence-corrected chi connectivity index (χ4v) is 4.31. The second-order valence-corrected chi connectivity index (χ2v) is 7.80. The number of aryl methyl sites for hydroxylation is 1. The van der Waals surface area contributed by atoms with Crippen molar-refractivity contribution in [1.29, 1.82) is 0 Å². The molecule has 0 saturated carbocycles. The van der Waals surface area contributed by atoms with Gasteiger partial charge >= 0.3 is 5.97 Å². The van der Waals surface area contributed by atoms with Gasteiger partial charge in [0.2, 0.25) is 0 Å². The second kappa shape index (κ2) is 7.67. The highest BCUT2D eigenvalue weighted by Crippen LogP contribution is 2.29. The summed E-state index contributed by atoms with van der Waals surface area (Å²) in [6, 6.07) is 7.69. The van der Waals surface area contributed by atoms with Crippen LogP contribution in [-0.2, 0) is 22.4 Å². The molecule has 0 N–H and O–H groups in total. The molecule has 1 aromatic carbocycles. The van der Waals surface area contributed by atoms with E-state index >= 15 is 0 Å². The molecule has 0 radical (unpaired) electrons. The molecule has 0 spiro atoms. The number of hydrogen-bond donors (Lipinski definition) is 0. The summed E-state index contributed by atoms with van der Waals surface area (Å²) in [7, 11) is 0. The number of rotatable bonds is 3. The zero-order chi connectivity index (χ0) is 18.8. The van der Waals surface area contributed by atoms with Gasteiger partial charge in [-0.15, -0.1) is 0 Å². The molecule has 2 heterocycles. The molecule has 4 rings (SSSR count). The van der Waals surface area contributed by atoms with Gasteiger partial charge in [0.15, 0.2) is 6.61 Å². The number of para-hydroxylation sites is 1. The summed E-state index contributed by atoms with van der Waals surface area (Å²) in [6.07, 6.45) is 6.05. The second-order valence-electron chi connectivity index (χ2n) is 7.80. The zero-order valence-electron chi connectivity index (χ0n) is 15.9. The van der Waals surface area contributed by atoms with Crippen LogP contribution in [0.1, 0.15) is 54.2 Å². The van der Waals surface area contributed by atoms with Crippen LogP contribution in [0.5, 0.6) is 0 Å². The summed E-state index contributed by atoms with van der Waals surface area (Å²) in [5.74, 6) is 0.0156. The quantitative estimate of drug-likeness (QED) is 0.780. The first-order valence-electron chi connectivity index (χ1n) is 9.99. The third kappa shape index (κ3) is 3.68. The molecule has 1 atom stereocenters. The summed E-state index contributed by atoms with van der Waals surface area (Å²) in [5, 5.41) is 0.821. The number of pyridine rings is 1. The molecule has 0 bridgehead atoms. The smallest absolute Gasteiger partial charge is 0.339 e. The van der Waals surface area contributed by atoms with Gasteiger partial charge in [0, 0.05) is 24.2 Å². The molecule has 1 fully saturated rings. The first-order chi connectivity index (χ1) is 13.1. The van der Waals surface area contributed by atoms with Crippen LogP contribution in [0.3, 0.4) is 0 Å². The highest BCUT2D eigenvalue weighted by atomic mass is 16.5. The maximum absolute atomic E-state index is 13.0. The minimum Gasteiger partial charge on any atom is -0.452 e. The van der Waals surface area contributed by atoms with Gasteiger partial charge in [0.25, 0.3) is 5.91 Å². The number of hydrogen-bond acceptors (Lipinski definition) is 4. The van der Waals surface area contributed by atoms with Crippen LogP contribution in [0.25, 0.3) is 10.9 Å². The molecule has 5 nitrogen and oxygen atoms in total. The van der Waals surface area contributed by atoms with E-state index in [-0.39, 0.29) is 12.5 Å². The van der Waals surface area contributed by atoms with E-state index in [1.165, 1.54) is 0 Å². The van der Waals surface area contributed by atoms with Gasteiger partial charge in [-0.05, 0) is 56.1 Å². The molecule has 1 unspecified atom stereocenters. The third-order valence-electron chi connectivity index (χ3n) is 5.71. The molecule has 142 valence electrons. The minimum atomic E-state index is -0.398. The normalized spacial score (nSPS) is 19.6. The average molecular weight is 366 g/mol. The number of likely N-dealkylation sites (tertiary alicyclic amines) is 1. The summed E-state index contributed by atoms with van der Waals surface area (Å²) in [4.78, 5) is 32.0. The fraction of sp³-hybridized carbons (Fsp3) is 0.500. The highest BCUT2D eigenvalue weighted by Gasteiger charge is 2.26. The van der Waals surface area contributed by atoms with Gasteiger partial charge in [0.05, 0.1) is 11.1 Å². The highest BCUT2D eigenvalue weighted by molar-refractivity contribution is 6.05. The van der Waals surface area contributed by atoms with Crippen molar-refractivity contribution in [3.8, 4) is 0 Å². The standard InChI is InChI=1S/C22H26N2O3/c1-15-7-6-12-24(13-15)20(25)14-27-22(26)21-16-8-2-4-10-18(16)23-19-11-5-3-9-17(19)21/h2,4,8,10,15H,3,5-7,9,11-14H2,1H3. The predicted octanol–water partition coefficient (Wildman–Crippen LogP) is 3.53. The lowest BCUT2D eigenvalue weighted by Crippen LogP contribution is -2.41. The maximum Gasteiger partial charge on any atom is 0.339 e. The summed E-state index contributed by atoms with van der Waals surface area (Å²) in [5.41, 5.74) is 3.43. The Kier molecular flexibility index (Phi) is 5.10. The summed E-state index contributed by atoms with van der Waals surface area (Å²) in [6.45, 7) is 3.48. The number of nitrogens with zero attached hydrogens (tertiary/aromatic N) is 2. The lowest BCUT2D eigenvalue weighted by Gasteiger charge is -2.30. The van der Waals surface area contributed by atoms with Crippen molar-refractivity contribution in [3.63, 3.8) is 0 Å². The Morgan fingerprint density at radius 3 is 2.85 bits per heavy atom.